The van der Waals surface area contributed by atoms with Crippen molar-refractivity contribution in [2.45, 2.75) is 38.1 Å². The third-order valence-electron chi connectivity index (χ3n) is 6.36. The molecule has 34 heavy (non-hydrogen) atoms. The van der Waals surface area contributed by atoms with Crippen molar-refractivity contribution >= 4 is 32.8 Å². The largest absolute Gasteiger partial charge is 0.497 e. The molecule has 2 aromatic carbocycles. The van der Waals surface area contributed by atoms with Crippen molar-refractivity contribution in [3.8, 4) is 5.75 Å². The molecule has 0 spiro atoms. The van der Waals surface area contributed by atoms with Crippen LogP contribution in [0.3, 0.4) is 0 Å². The van der Waals surface area contributed by atoms with E-state index in [-0.39, 0.29) is 18.0 Å². The lowest BCUT2D eigenvalue weighted by Crippen LogP contribution is -2.28. The smallest absolute Gasteiger partial charge is 0.244 e. The average Bonchev–Trinajstić information content (AvgIpc) is 3.37. The van der Waals surface area contributed by atoms with Crippen LogP contribution in [0.1, 0.15) is 44.0 Å². The molecule has 3 aromatic rings. The molecule has 0 bridgehead atoms. The second-order valence-electron chi connectivity index (χ2n) is 8.79. The number of ether oxygens (including phenoxy) is 1. The Labute approximate surface area is 199 Å². The molecular formula is C25H27N5O3S. The van der Waals surface area contributed by atoms with Gasteiger partial charge in [0.05, 0.1) is 29.4 Å². The highest BCUT2D eigenvalue weighted by Crippen LogP contribution is 2.45. The highest BCUT2D eigenvalue weighted by molar-refractivity contribution is 7.90. The Morgan fingerprint density at radius 2 is 1.79 bits per heavy atom. The van der Waals surface area contributed by atoms with E-state index < -0.39 is 15.3 Å². The number of anilines is 1. The Bertz CT molecular complexity index is 1470. The lowest BCUT2D eigenvalue weighted by Gasteiger charge is -2.30. The molecule has 9 heteroatoms. The van der Waals surface area contributed by atoms with Gasteiger partial charge in [0.15, 0.2) is 0 Å². The monoisotopic (exact) mass is 477 g/mol. The minimum atomic E-state index is -3.69. The number of rotatable bonds is 5. The van der Waals surface area contributed by atoms with E-state index in [0.29, 0.717) is 11.0 Å². The van der Waals surface area contributed by atoms with E-state index in [1.807, 2.05) is 67.7 Å². The number of amidine groups is 1. The van der Waals surface area contributed by atoms with Crippen LogP contribution in [0.15, 0.2) is 71.4 Å². The number of nitrogens with zero attached hydrogens (tertiary/aromatic N) is 4. The molecule has 1 aromatic heterocycles. The average molecular weight is 478 g/mol. The Morgan fingerprint density at radius 3 is 2.47 bits per heavy atom. The number of nitrogens with two attached hydrogens (primary N) is 1. The first-order valence-corrected chi connectivity index (χ1v) is 12.6. The van der Waals surface area contributed by atoms with Gasteiger partial charge in [-0.15, -0.1) is 0 Å². The molecule has 2 atom stereocenters. The van der Waals surface area contributed by atoms with Gasteiger partial charge < -0.3 is 15.4 Å². The Hall–Kier alpha value is -3.59. The van der Waals surface area contributed by atoms with Crippen LogP contribution in [0.2, 0.25) is 0 Å². The zero-order valence-electron chi connectivity index (χ0n) is 19.5. The van der Waals surface area contributed by atoms with Crippen LogP contribution in [0, 0.1) is 0 Å². The number of aliphatic imine (C=N–C) groups is 1. The van der Waals surface area contributed by atoms with Crippen LogP contribution in [-0.2, 0) is 10.0 Å². The lowest BCUT2D eigenvalue weighted by molar-refractivity contribution is 0.393. The fourth-order valence-electron chi connectivity index (χ4n) is 4.53. The number of nitrogen functional groups attached to an aromatic ring is 1. The Kier molecular flexibility index (Phi) is 5.24. The molecule has 2 unspecified atom stereocenters. The van der Waals surface area contributed by atoms with Gasteiger partial charge in [0, 0.05) is 6.20 Å². The zero-order valence-corrected chi connectivity index (χ0v) is 20.3. The molecule has 0 aliphatic carbocycles. The van der Waals surface area contributed by atoms with Crippen LogP contribution in [0.4, 0.5) is 5.95 Å². The Balaban J connectivity index is 1.68. The van der Waals surface area contributed by atoms with E-state index in [2.05, 4.69) is 9.88 Å². The minimum Gasteiger partial charge on any atom is -0.497 e. The molecular weight excluding hydrogens is 450 g/mol. The first-order valence-electron chi connectivity index (χ1n) is 11.1. The van der Waals surface area contributed by atoms with Crippen molar-refractivity contribution < 1.29 is 13.2 Å². The maximum absolute atomic E-state index is 13.1. The van der Waals surface area contributed by atoms with Gasteiger partial charge in [-0.25, -0.2) is 17.4 Å². The number of aromatic nitrogens is 2. The highest BCUT2D eigenvalue weighted by Gasteiger charge is 2.39. The SMILES string of the molecule is COc1ccc(C2N=C3C(C)=CC=CN3C2c2ccc3nc(N)n(S(=O)(=O)C(C)C)c3c2)cc1. The number of fused-ring (bicyclic) bond motifs is 2. The van der Waals surface area contributed by atoms with E-state index >= 15 is 0 Å². The van der Waals surface area contributed by atoms with E-state index in [4.69, 9.17) is 15.5 Å². The lowest BCUT2D eigenvalue weighted by atomic mass is 9.93. The number of imidazole rings is 1. The fraction of sp³-hybridized carbons (Fsp3) is 0.280. The highest BCUT2D eigenvalue weighted by atomic mass is 32.2. The molecule has 0 saturated carbocycles. The molecule has 0 fully saturated rings. The van der Waals surface area contributed by atoms with Crippen LogP contribution >= 0.6 is 0 Å². The normalized spacial score (nSPS) is 20.0. The standard InChI is InChI=1S/C25H27N5O3S/c1-15(2)34(31,32)30-21-14-18(9-12-20(21)27-25(30)26)23-22(17-7-10-19(33-4)11-8-17)28-24-16(3)6-5-13-29(23)24/h5-15,22-23H,1-4H3,(H2,26,27). The predicted molar refractivity (Wildman–Crippen MR) is 134 cm³/mol. The minimum absolute atomic E-state index is 0.0347. The molecule has 5 rings (SSSR count). The number of methoxy groups -OCH3 is 1. The molecule has 0 amide bonds. The second kappa shape index (κ2) is 8.02. The van der Waals surface area contributed by atoms with Crippen LogP contribution < -0.4 is 10.5 Å². The van der Waals surface area contributed by atoms with Gasteiger partial charge in [0.1, 0.15) is 17.6 Å². The van der Waals surface area contributed by atoms with Gasteiger partial charge in [0.2, 0.25) is 16.0 Å². The van der Waals surface area contributed by atoms with Crippen molar-refractivity contribution in [2.75, 3.05) is 12.8 Å². The Morgan fingerprint density at radius 1 is 1.09 bits per heavy atom. The summed E-state index contributed by atoms with van der Waals surface area (Å²) in [7, 11) is -2.05. The molecule has 2 N–H and O–H groups in total. The summed E-state index contributed by atoms with van der Waals surface area (Å²) in [4.78, 5) is 11.5. The van der Waals surface area contributed by atoms with Crippen LogP contribution in [0.5, 0.6) is 5.75 Å². The molecule has 2 aliphatic rings. The summed E-state index contributed by atoms with van der Waals surface area (Å²) < 4.78 is 32.6. The molecule has 2 aliphatic heterocycles. The van der Waals surface area contributed by atoms with Crippen LogP contribution in [0.25, 0.3) is 11.0 Å². The summed E-state index contributed by atoms with van der Waals surface area (Å²) in [6, 6.07) is 13.2. The molecule has 176 valence electrons. The van der Waals surface area contributed by atoms with Gasteiger partial charge in [-0.05, 0) is 67.8 Å². The van der Waals surface area contributed by atoms with Gasteiger partial charge in [-0.2, -0.15) is 0 Å². The summed E-state index contributed by atoms with van der Waals surface area (Å²) in [6.45, 7) is 5.31. The summed E-state index contributed by atoms with van der Waals surface area (Å²) in [6.07, 6.45) is 6.06. The van der Waals surface area contributed by atoms with Gasteiger partial charge >= 0.3 is 0 Å². The predicted octanol–water partition coefficient (Wildman–Crippen LogP) is 4.18. The third kappa shape index (κ3) is 3.38. The zero-order chi connectivity index (χ0) is 24.2. The fourth-order valence-corrected chi connectivity index (χ4v) is 5.67. The van der Waals surface area contributed by atoms with Gasteiger partial charge in [-0.3, -0.25) is 4.99 Å². The van der Waals surface area contributed by atoms with E-state index in [9.17, 15) is 8.42 Å². The molecule has 0 radical (unpaired) electrons. The molecule has 8 nitrogen and oxygen atoms in total. The maximum Gasteiger partial charge on any atom is 0.244 e. The van der Waals surface area contributed by atoms with E-state index in [1.165, 1.54) is 0 Å². The van der Waals surface area contributed by atoms with Crippen molar-refractivity contribution in [3.05, 3.63) is 77.5 Å². The number of hydrogen-bond donors (Lipinski definition) is 1. The third-order valence-corrected chi connectivity index (χ3v) is 8.44. The summed E-state index contributed by atoms with van der Waals surface area (Å²) in [5.41, 5.74) is 10.1. The topological polar surface area (TPSA) is 103 Å². The van der Waals surface area contributed by atoms with Crippen molar-refractivity contribution in [1.82, 2.24) is 13.9 Å². The number of benzene rings is 2. The van der Waals surface area contributed by atoms with E-state index in [1.54, 1.807) is 21.0 Å². The first-order chi connectivity index (χ1) is 16.2. The number of hydrogen-bond acceptors (Lipinski definition) is 7. The summed E-state index contributed by atoms with van der Waals surface area (Å²) in [5.74, 6) is 1.64. The summed E-state index contributed by atoms with van der Waals surface area (Å²) >= 11 is 0. The van der Waals surface area contributed by atoms with Crippen molar-refractivity contribution in [1.29, 1.82) is 0 Å². The molecule has 0 saturated heterocycles. The summed E-state index contributed by atoms with van der Waals surface area (Å²) in [5, 5.41) is -0.637. The molecule has 3 heterocycles. The van der Waals surface area contributed by atoms with Gasteiger partial charge in [-0.1, -0.05) is 24.3 Å². The van der Waals surface area contributed by atoms with Crippen molar-refractivity contribution in [3.63, 3.8) is 0 Å². The maximum atomic E-state index is 13.1. The quantitative estimate of drug-likeness (QED) is 0.591. The van der Waals surface area contributed by atoms with Crippen LogP contribution in [-0.4, -0.2) is 40.5 Å². The van der Waals surface area contributed by atoms with Gasteiger partial charge in [0.25, 0.3) is 0 Å². The van der Waals surface area contributed by atoms with Crippen molar-refractivity contribution in [2.24, 2.45) is 4.99 Å². The van der Waals surface area contributed by atoms with E-state index in [0.717, 1.165) is 32.3 Å². The second-order valence-corrected chi connectivity index (χ2v) is 11.1. The first kappa shape index (κ1) is 22.2. The number of allylic oxidation sites excluding steroid dienone is 2.